The van der Waals surface area contributed by atoms with Crippen LogP contribution in [0.3, 0.4) is 0 Å². The van der Waals surface area contributed by atoms with Gasteiger partial charge in [-0.3, -0.25) is 0 Å². The Kier molecular flexibility index (Phi) is 9.62. The molecule has 0 spiro atoms. The molecule has 0 fully saturated rings. The Morgan fingerprint density at radius 3 is 1.50 bits per heavy atom. The molecule has 0 atom stereocenters. The summed E-state index contributed by atoms with van der Waals surface area (Å²) in [5, 5.41) is 2.56. The van der Waals surface area contributed by atoms with E-state index in [9.17, 15) is 0 Å². The van der Waals surface area contributed by atoms with Crippen molar-refractivity contribution in [3.63, 3.8) is 0 Å². The Morgan fingerprint density at radius 1 is 0.279 bits per heavy atom. The van der Waals surface area contributed by atoms with E-state index in [1.165, 1.54) is 64.7 Å². The summed E-state index contributed by atoms with van der Waals surface area (Å²) in [7, 11) is 0. The first kappa shape index (κ1) is 39.8. The average molecular weight is 883 g/mol. The highest BCUT2D eigenvalue weighted by Gasteiger charge is 2.46. The van der Waals surface area contributed by atoms with Gasteiger partial charge in [0, 0.05) is 36.9 Å². The average Bonchev–Trinajstić information content (AvgIpc) is 3.95. The summed E-state index contributed by atoms with van der Waals surface area (Å²) in [4.78, 5) is 10.9. The molecule has 0 bridgehead atoms. The van der Waals surface area contributed by atoms with Crippen molar-refractivity contribution in [2.24, 2.45) is 0 Å². The summed E-state index contributed by atoms with van der Waals surface area (Å²) in [6.07, 6.45) is 0. The van der Waals surface area contributed by atoms with Crippen LogP contribution in [0.2, 0.25) is 0 Å². The number of thiophene rings is 1. The summed E-state index contributed by atoms with van der Waals surface area (Å²) >= 11 is 1.85. The van der Waals surface area contributed by atoms with Gasteiger partial charge in [-0.05, 0) is 121 Å². The third-order valence-corrected chi connectivity index (χ3v) is 14.9. The zero-order valence-electron chi connectivity index (χ0n) is 37.1. The normalized spacial score (nSPS) is 12.5. The molecule has 0 saturated heterocycles. The number of hydrogen-bond acceptors (Lipinski definition) is 3. The van der Waals surface area contributed by atoms with Crippen LogP contribution in [0.15, 0.2) is 255 Å². The topological polar surface area (TPSA) is 25.8 Å². The molecule has 12 aromatic rings. The van der Waals surface area contributed by atoms with Crippen LogP contribution >= 0.6 is 11.3 Å². The van der Waals surface area contributed by atoms with E-state index in [0.29, 0.717) is 5.82 Å². The second-order valence-electron chi connectivity index (χ2n) is 17.7. The summed E-state index contributed by atoms with van der Waals surface area (Å²) in [6, 6.07) is 92.6. The Labute approximate surface area is 400 Å². The van der Waals surface area contributed by atoms with Gasteiger partial charge >= 0.3 is 0 Å². The van der Waals surface area contributed by atoms with E-state index in [2.05, 4.69) is 249 Å². The molecule has 13 rings (SSSR count). The molecule has 0 amide bonds. The Morgan fingerprint density at radius 2 is 0.779 bits per heavy atom. The standard InChI is InChI=1S/C65H42N2S/c1-5-18-43(19-6-1)45-22-17-23-46(36-45)49-37-50(47-33-35-63-57(40-47)56-29-14-16-31-62(56)68-63)39-51(38-49)61-42-60(66-64(67-61)44-20-7-2-8-21-44)48-32-34-55-54-28-13-15-30-58(54)65(59(55)41-48,52-24-9-3-10-25-52)53-26-11-4-12-27-53/h1-42H. The van der Waals surface area contributed by atoms with Crippen molar-refractivity contribution in [2.45, 2.75) is 5.41 Å². The number of aromatic nitrogens is 2. The van der Waals surface area contributed by atoms with Gasteiger partial charge in [0.15, 0.2) is 5.82 Å². The highest BCUT2D eigenvalue weighted by Crippen LogP contribution is 2.56. The maximum Gasteiger partial charge on any atom is 0.160 e. The summed E-state index contributed by atoms with van der Waals surface area (Å²) in [5.74, 6) is 0.684. The largest absolute Gasteiger partial charge is 0.228 e. The van der Waals surface area contributed by atoms with Crippen molar-refractivity contribution >= 4 is 31.5 Å². The van der Waals surface area contributed by atoms with E-state index < -0.39 is 5.41 Å². The van der Waals surface area contributed by atoms with Crippen LogP contribution in [0, 0.1) is 0 Å². The SMILES string of the molecule is c1ccc(-c2cccc(-c3cc(-c4ccc5sc6ccccc6c5c4)cc(-c4cc(-c5ccc6c(c5)C(c5ccccc5)(c5ccccc5)c5ccccc5-6)nc(-c5ccccc5)n4)c3)c2)cc1. The zero-order chi connectivity index (χ0) is 45.0. The highest BCUT2D eigenvalue weighted by atomic mass is 32.1. The number of hydrogen-bond donors (Lipinski definition) is 0. The molecule has 3 heteroatoms. The Bertz CT molecular complexity index is 3800. The lowest BCUT2D eigenvalue weighted by atomic mass is 9.67. The minimum Gasteiger partial charge on any atom is -0.228 e. The minimum atomic E-state index is -0.533. The van der Waals surface area contributed by atoms with Crippen LogP contribution in [0.1, 0.15) is 22.3 Å². The van der Waals surface area contributed by atoms with E-state index in [1.807, 2.05) is 17.4 Å². The van der Waals surface area contributed by atoms with Gasteiger partial charge in [0.2, 0.25) is 0 Å². The van der Waals surface area contributed by atoms with Crippen LogP contribution in [0.5, 0.6) is 0 Å². The van der Waals surface area contributed by atoms with E-state index in [1.54, 1.807) is 0 Å². The first-order valence-corrected chi connectivity index (χ1v) is 24.0. The molecule has 318 valence electrons. The molecule has 2 heterocycles. The van der Waals surface area contributed by atoms with Crippen LogP contribution in [0.4, 0.5) is 0 Å². The third kappa shape index (κ3) is 6.70. The fourth-order valence-electron chi connectivity index (χ4n) is 10.6. The Balaban J connectivity index is 1.03. The van der Waals surface area contributed by atoms with Crippen molar-refractivity contribution < 1.29 is 0 Å². The first-order chi connectivity index (χ1) is 33.7. The minimum absolute atomic E-state index is 0.533. The van der Waals surface area contributed by atoms with Gasteiger partial charge in [0.05, 0.1) is 16.8 Å². The number of benzene rings is 10. The molecule has 0 unspecified atom stereocenters. The summed E-state index contributed by atoms with van der Waals surface area (Å²) in [5.41, 5.74) is 18.6. The van der Waals surface area contributed by atoms with Gasteiger partial charge in [0.1, 0.15) is 0 Å². The highest BCUT2D eigenvalue weighted by molar-refractivity contribution is 7.25. The molecule has 0 N–H and O–H groups in total. The fraction of sp³-hybridized carbons (Fsp3) is 0.0154. The van der Waals surface area contributed by atoms with Gasteiger partial charge in [-0.2, -0.15) is 0 Å². The quantitative estimate of drug-likeness (QED) is 0.152. The lowest BCUT2D eigenvalue weighted by molar-refractivity contribution is 0.768. The maximum absolute atomic E-state index is 5.44. The van der Waals surface area contributed by atoms with Gasteiger partial charge < -0.3 is 0 Å². The predicted octanol–water partition coefficient (Wildman–Crippen LogP) is 17.2. The van der Waals surface area contributed by atoms with Crippen molar-refractivity contribution in [3.8, 4) is 78.4 Å². The van der Waals surface area contributed by atoms with E-state index in [0.717, 1.165) is 50.3 Å². The van der Waals surface area contributed by atoms with Gasteiger partial charge in [-0.15, -0.1) is 11.3 Å². The van der Waals surface area contributed by atoms with Crippen LogP contribution in [0.25, 0.3) is 98.6 Å². The Hall–Kier alpha value is -8.50. The van der Waals surface area contributed by atoms with Crippen molar-refractivity contribution in [1.82, 2.24) is 9.97 Å². The number of rotatable bonds is 8. The zero-order valence-corrected chi connectivity index (χ0v) is 37.9. The second-order valence-corrected chi connectivity index (χ2v) is 18.8. The molecule has 0 saturated carbocycles. The molecule has 0 radical (unpaired) electrons. The summed E-state index contributed by atoms with van der Waals surface area (Å²) in [6.45, 7) is 0. The maximum atomic E-state index is 5.44. The molecular weight excluding hydrogens is 841 g/mol. The smallest absolute Gasteiger partial charge is 0.160 e. The lowest BCUT2D eigenvalue weighted by Gasteiger charge is -2.34. The van der Waals surface area contributed by atoms with E-state index in [-0.39, 0.29) is 0 Å². The fourth-order valence-corrected chi connectivity index (χ4v) is 11.7. The van der Waals surface area contributed by atoms with Crippen molar-refractivity contribution in [3.05, 3.63) is 277 Å². The lowest BCUT2D eigenvalue weighted by Crippen LogP contribution is -2.28. The number of fused-ring (bicyclic) bond motifs is 6. The van der Waals surface area contributed by atoms with Crippen LogP contribution in [-0.2, 0) is 5.41 Å². The molecular formula is C65H42N2S. The monoisotopic (exact) mass is 882 g/mol. The number of nitrogens with zero attached hydrogens (tertiary/aromatic N) is 2. The summed E-state index contributed by atoms with van der Waals surface area (Å²) < 4.78 is 2.59. The first-order valence-electron chi connectivity index (χ1n) is 23.2. The van der Waals surface area contributed by atoms with Crippen LogP contribution in [-0.4, -0.2) is 9.97 Å². The van der Waals surface area contributed by atoms with E-state index in [4.69, 9.17) is 9.97 Å². The molecule has 0 aliphatic heterocycles. The molecule has 2 nitrogen and oxygen atoms in total. The third-order valence-electron chi connectivity index (χ3n) is 13.8. The molecule has 2 aromatic heterocycles. The molecule has 1 aliphatic carbocycles. The van der Waals surface area contributed by atoms with Gasteiger partial charge in [-0.25, -0.2) is 9.97 Å². The predicted molar refractivity (Wildman–Crippen MR) is 285 cm³/mol. The van der Waals surface area contributed by atoms with Gasteiger partial charge in [-0.1, -0.05) is 200 Å². The second kappa shape index (κ2) is 16.4. The van der Waals surface area contributed by atoms with Gasteiger partial charge in [0.25, 0.3) is 0 Å². The van der Waals surface area contributed by atoms with Crippen molar-refractivity contribution in [2.75, 3.05) is 0 Å². The van der Waals surface area contributed by atoms with E-state index >= 15 is 0 Å². The molecule has 10 aromatic carbocycles. The van der Waals surface area contributed by atoms with Crippen molar-refractivity contribution in [1.29, 1.82) is 0 Å². The van der Waals surface area contributed by atoms with Crippen LogP contribution < -0.4 is 0 Å². The molecule has 68 heavy (non-hydrogen) atoms. The molecule has 1 aliphatic rings.